The minimum Gasteiger partial charge on any atom is -0.493 e. The SMILES string of the molecule is COc1cccc(CO)c1OCc1nccn1C. The number of hydrogen-bond donors (Lipinski definition) is 1. The lowest BCUT2D eigenvalue weighted by atomic mass is 10.2. The van der Waals surface area contributed by atoms with Crippen LogP contribution in [0.15, 0.2) is 30.6 Å². The van der Waals surface area contributed by atoms with Crippen LogP contribution in [0.1, 0.15) is 11.4 Å². The van der Waals surface area contributed by atoms with Crippen molar-refractivity contribution in [2.75, 3.05) is 7.11 Å². The third-order valence-corrected chi connectivity index (χ3v) is 2.72. The van der Waals surface area contributed by atoms with Crippen LogP contribution in [0.5, 0.6) is 11.5 Å². The quantitative estimate of drug-likeness (QED) is 0.871. The van der Waals surface area contributed by atoms with E-state index in [2.05, 4.69) is 4.98 Å². The molecule has 0 aliphatic heterocycles. The zero-order valence-electron chi connectivity index (χ0n) is 10.5. The standard InChI is InChI=1S/C13H16N2O3/c1-15-7-6-14-12(15)9-18-13-10(8-16)4-3-5-11(13)17-2/h3-7,16H,8-9H2,1-2H3. The van der Waals surface area contributed by atoms with Gasteiger partial charge in [-0.2, -0.15) is 0 Å². The molecule has 0 unspecified atom stereocenters. The van der Waals surface area contributed by atoms with Gasteiger partial charge in [0.25, 0.3) is 0 Å². The number of imidazole rings is 1. The molecule has 2 aromatic rings. The van der Waals surface area contributed by atoms with E-state index < -0.39 is 0 Å². The molecule has 0 fully saturated rings. The van der Waals surface area contributed by atoms with Gasteiger partial charge in [-0.05, 0) is 6.07 Å². The van der Waals surface area contributed by atoms with Crippen LogP contribution in [-0.4, -0.2) is 21.8 Å². The van der Waals surface area contributed by atoms with Gasteiger partial charge < -0.3 is 19.1 Å². The van der Waals surface area contributed by atoms with Gasteiger partial charge in [-0.1, -0.05) is 12.1 Å². The maximum Gasteiger partial charge on any atom is 0.167 e. The maximum absolute atomic E-state index is 9.29. The van der Waals surface area contributed by atoms with E-state index in [1.165, 1.54) is 0 Å². The van der Waals surface area contributed by atoms with E-state index >= 15 is 0 Å². The number of para-hydroxylation sites is 1. The molecule has 2 rings (SSSR count). The Hall–Kier alpha value is -2.01. The van der Waals surface area contributed by atoms with Gasteiger partial charge in [-0.3, -0.25) is 0 Å². The second kappa shape index (κ2) is 5.55. The Kier molecular flexibility index (Phi) is 3.84. The predicted octanol–water partition coefficient (Wildman–Crippen LogP) is 1.50. The average molecular weight is 248 g/mol. The molecular formula is C13H16N2O3. The fraction of sp³-hybridized carbons (Fsp3) is 0.308. The van der Waals surface area contributed by atoms with Crippen molar-refractivity contribution in [1.82, 2.24) is 9.55 Å². The summed E-state index contributed by atoms with van der Waals surface area (Å²) in [4.78, 5) is 4.18. The molecule has 0 saturated carbocycles. The molecule has 1 aromatic heterocycles. The smallest absolute Gasteiger partial charge is 0.167 e. The summed E-state index contributed by atoms with van der Waals surface area (Å²) >= 11 is 0. The van der Waals surface area contributed by atoms with E-state index in [1.807, 2.05) is 23.9 Å². The predicted molar refractivity (Wildman–Crippen MR) is 66.5 cm³/mol. The minimum absolute atomic E-state index is 0.0902. The number of benzene rings is 1. The van der Waals surface area contributed by atoms with Crippen LogP contribution in [0.25, 0.3) is 0 Å². The van der Waals surface area contributed by atoms with Crippen LogP contribution in [0.2, 0.25) is 0 Å². The molecular weight excluding hydrogens is 232 g/mol. The third-order valence-electron chi connectivity index (χ3n) is 2.72. The molecule has 18 heavy (non-hydrogen) atoms. The van der Waals surface area contributed by atoms with E-state index in [4.69, 9.17) is 9.47 Å². The van der Waals surface area contributed by atoms with Gasteiger partial charge in [0, 0.05) is 25.0 Å². The molecule has 1 N–H and O–H groups in total. The Bertz CT molecular complexity index is 500. The third kappa shape index (κ3) is 2.46. The molecule has 0 atom stereocenters. The molecule has 0 aliphatic carbocycles. The summed E-state index contributed by atoms with van der Waals surface area (Å²) in [6.07, 6.45) is 3.57. The first-order valence-corrected chi connectivity index (χ1v) is 5.62. The molecule has 5 nitrogen and oxygen atoms in total. The summed E-state index contributed by atoms with van der Waals surface area (Å²) in [5.74, 6) is 1.98. The lowest BCUT2D eigenvalue weighted by Crippen LogP contribution is -2.05. The van der Waals surface area contributed by atoms with Crippen molar-refractivity contribution >= 4 is 0 Å². The Morgan fingerprint density at radius 2 is 2.22 bits per heavy atom. The Morgan fingerprint density at radius 3 is 2.83 bits per heavy atom. The van der Waals surface area contributed by atoms with E-state index in [0.29, 0.717) is 23.7 Å². The molecule has 5 heteroatoms. The molecule has 0 bridgehead atoms. The van der Waals surface area contributed by atoms with Gasteiger partial charge >= 0.3 is 0 Å². The van der Waals surface area contributed by atoms with E-state index in [-0.39, 0.29) is 6.61 Å². The second-order valence-corrected chi connectivity index (χ2v) is 3.85. The van der Waals surface area contributed by atoms with Gasteiger partial charge in [0.05, 0.1) is 13.7 Å². The van der Waals surface area contributed by atoms with Crippen molar-refractivity contribution in [3.63, 3.8) is 0 Å². The number of aliphatic hydroxyl groups is 1. The summed E-state index contributed by atoms with van der Waals surface area (Å²) in [5.41, 5.74) is 0.698. The molecule has 1 aromatic carbocycles. The zero-order valence-corrected chi connectivity index (χ0v) is 10.5. The monoisotopic (exact) mass is 248 g/mol. The summed E-state index contributed by atoms with van der Waals surface area (Å²) < 4.78 is 12.8. The lowest BCUT2D eigenvalue weighted by Gasteiger charge is -2.13. The summed E-state index contributed by atoms with van der Waals surface area (Å²) in [7, 11) is 3.48. The first-order valence-electron chi connectivity index (χ1n) is 5.62. The largest absolute Gasteiger partial charge is 0.493 e. The van der Waals surface area contributed by atoms with Gasteiger partial charge in [-0.15, -0.1) is 0 Å². The fourth-order valence-corrected chi connectivity index (χ4v) is 1.68. The summed E-state index contributed by atoms with van der Waals surface area (Å²) in [6, 6.07) is 5.42. The fourth-order valence-electron chi connectivity index (χ4n) is 1.68. The molecule has 0 amide bonds. The molecule has 0 spiro atoms. The van der Waals surface area contributed by atoms with Crippen LogP contribution >= 0.6 is 0 Å². The van der Waals surface area contributed by atoms with Crippen molar-refractivity contribution in [3.05, 3.63) is 42.0 Å². The normalized spacial score (nSPS) is 10.4. The van der Waals surface area contributed by atoms with Crippen LogP contribution < -0.4 is 9.47 Å². The lowest BCUT2D eigenvalue weighted by molar-refractivity contribution is 0.244. The average Bonchev–Trinajstić information content (AvgIpc) is 2.81. The van der Waals surface area contributed by atoms with Crippen molar-refractivity contribution in [2.24, 2.45) is 7.05 Å². The highest BCUT2D eigenvalue weighted by atomic mass is 16.5. The highest BCUT2D eigenvalue weighted by molar-refractivity contribution is 5.46. The van der Waals surface area contributed by atoms with Gasteiger partial charge in [0.15, 0.2) is 11.5 Å². The van der Waals surface area contributed by atoms with Gasteiger partial charge in [0.2, 0.25) is 0 Å². The molecule has 0 radical (unpaired) electrons. The van der Waals surface area contributed by atoms with Gasteiger partial charge in [0.1, 0.15) is 12.4 Å². The number of ether oxygens (including phenoxy) is 2. The maximum atomic E-state index is 9.29. The van der Waals surface area contributed by atoms with Crippen LogP contribution in [0.4, 0.5) is 0 Å². The number of hydrogen-bond acceptors (Lipinski definition) is 4. The number of aromatic nitrogens is 2. The summed E-state index contributed by atoms with van der Waals surface area (Å²) in [6.45, 7) is 0.240. The Morgan fingerprint density at radius 1 is 1.39 bits per heavy atom. The van der Waals surface area contributed by atoms with Crippen molar-refractivity contribution in [1.29, 1.82) is 0 Å². The highest BCUT2D eigenvalue weighted by Gasteiger charge is 2.11. The van der Waals surface area contributed by atoms with Crippen molar-refractivity contribution in [3.8, 4) is 11.5 Å². The second-order valence-electron chi connectivity index (χ2n) is 3.85. The van der Waals surface area contributed by atoms with E-state index in [0.717, 1.165) is 5.82 Å². The molecule has 96 valence electrons. The Labute approximate surface area is 106 Å². The first kappa shape index (κ1) is 12.4. The number of rotatable bonds is 5. The first-order chi connectivity index (χ1) is 8.76. The van der Waals surface area contributed by atoms with Crippen LogP contribution in [-0.2, 0) is 20.3 Å². The Balaban J connectivity index is 2.20. The van der Waals surface area contributed by atoms with E-state index in [1.54, 1.807) is 25.4 Å². The topological polar surface area (TPSA) is 56.5 Å². The van der Waals surface area contributed by atoms with Crippen LogP contribution in [0, 0.1) is 0 Å². The molecule has 1 heterocycles. The van der Waals surface area contributed by atoms with Crippen molar-refractivity contribution < 1.29 is 14.6 Å². The van der Waals surface area contributed by atoms with Crippen molar-refractivity contribution in [2.45, 2.75) is 13.2 Å². The number of aryl methyl sites for hydroxylation is 1. The zero-order chi connectivity index (χ0) is 13.0. The number of methoxy groups -OCH3 is 1. The highest BCUT2D eigenvalue weighted by Crippen LogP contribution is 2.31. The molecule has 0 saturated heterocycles. The molecule has 0 aliphatic rings. The van der Waals surface area contributed by atoms with E-state index in [9.17, 15) is 5.11 Å². The number of nitrogens with zero attached hydrogens (tertiary/aromatic N) is 2. The van der Waals surface area contributed by atoms with Gasteiger partial charge in [-0.25, -0.2) is 4.98 Å². The minimum atomic E-state index is -0.0902. The summed E-state index contributed by atoms with van der Waals surface area (Å²) in [5, 5.41) is 9.29. The number of aliphatic hydroxyl groups excluding tert-OH is 1. The van der Waals surface area contributed by atoms with Crippen LogP contribution in [0.3, 0.4) is 0 Å².